The Labute approximate surface area is 94.4 Å². The van der Waals surface area contributed by atoms with E-state index in [-0.39, 0.29) is 0 Å². The highest BCUT2D eigenvalue weighted by atomic mass is 16.5. The molecule has 0 N–H and O–H groups in total. The van der Waals surface area contributed by atoms with Crippen molar-refractivity contribution in [2.75, 3.05) is 7.11 Å². The summed E-state index contributed by atoms with van der Waals surface area (Å²) in [5, 5.41) is 0. The quantitative estimate of drug-likeness (QED) is 0.786. The molecule has 16 heavy (non-hydrogen) atoms. The Hall–Kier alpha value is -1.97. The predicted molar refractivity (Wildman–Crippen MR) is 61.2 cm³/mol. The van der Waals surface area contributed by atoms with Gasteiger partial charge in [-0.1, -0.05) is 6.92 Å². The van der Waals surface area contributed by atoms with Crippen molar-refractivity contribution in [2.24, 2.45) is 0 Å². The second-order valence-electron chi connectivity index (χ2n) is 3.29. The molecular weight excluding hydrogens is 202 g/mol. The summed E-state index contributed by atoms with van der Waals surface area (Å²) in [6.07, 6.45) is 5.91. The molecule has 0 fully saturated rings. The molecule has 4 nitrogen and oxygen atoms in total. The van der Waals surface area contributed by atoms with Crippen LogP contribution in [0.3, 0.4) is 0 Å². The van der Waals surface area contributed by atoms with Crippen molar-refractivity contribution in [3.63, 3.8) is 0 Å². The van der Waals surface area contributed by atoms with Crippen LogP contribution in [-0.2, 0) is 6.42 Å². The summed E-state index contributed by atoms with van der Waals surface area (Å²) in [4.78, 5) is 12.6. The third kappa shape index (κ3) is 1.86. The largest absolute Gasteiger partial charge is 0.494 e. The molecule has 2 heterocycles. The Morgan fingerprint density at radius 3 is 2.94 bits per heavy atom. The number of ether oxygens (including phenoxy) is 1. The molecule has 0 aliphatic carbocycles. The van der Waals surface area contributed by atoms with E-state index >= 15 is 0 Å². The minimum Gasteiger partial charge on any atom is -0.494 e. The molecule has 0 saturated heterocycles. The average molecular weight is 215 g/mol. The van der Waals surface area contributed by atoms with Gasteiger partial charge < -0.3 is 4.74 Å². The number of hydrogen-bond donors (Lipinski definition) is 0. The van der Waals surface area contributed by atoms with Gasteiger partial charge in [0.25, 0.3) is 0 Å². The molecule has 0 aliphatic rings. The van der Waals surface area contributed by atoms with E-state index in [4.69, 9.17) is 4.74 Å². The topological polar surface area (TPSA) is 47.9 Å². The fourth-order valence-electron chi connectivity index (χ4n) is 1.59. The molecule has 82 valence electrons. The monoisotopic (exact) mass is 215 g/mol. The first-order chi connectivity index (χ1) is 7.86. The smallest absolute Gasteiger partial charge is 0.145 e. The standard InChI is InChI=1S/C12H13N3O/c1-3-10-9(7-13-8-15-10)12-11(16-2)5-4-6-14-12/h4-8H,3H2,1-2H3. The fraction of sp³-hybridized carbons (Fsp3) is 0.250. The Morgan fingerprint density at radius 1 is 1.31 bits per heavy atom. The normalized spacial score (nSPS) is 10.1. The number of aryl methyl sites for hydroxylation is 1. The highest BCUT2D eigenvalue weighted by Gasteiger charge is 2.11. The highest BCUT2D eigenvalue weighted by Crippen LogP contribution is 2.28. The SMILES string of the molecule is CCc1ncncc1-c1ncccc1OC. The van der Waals surface area contributed by atoms with Crippen LogP contribution in [0.25, 0.3) is 11.3 Å². The van der Waals surface area contributed by atoms with E-state index < -0.39 is 0 Å². The Morgan fingerprint density at radius 2 is 2.19 bits per heavy atom. The fourth-order valence-corrected chi connectivity index (χ4v) is 1.59. The van der Waals surface area contributed by atoms with Crippen molar-refractivity contribution >= 4 is 0 Å². The van der Waals surface area contributed by atoms with Gasteiger partial charge in [0, 0.05) is 18.0 Å². The van der Waals surface area contributed by atoms with E-state index in [1.54, 1.807) is 25.8 Å². The zero-order valence-corrected chi connectivity index (χ0v) is 9.34. The summed E-state index contributed by atoms with van der Waals surface area (Å²) in [6, 6.07) is 3.73. The first kappa shape index (κ1) is 10.5. The van der Waals surface area contributed by atoms with Crippen molar-refractivity contribution in [1.29, 1.82) is 0 Å². The molecule has 2 rings (SSSR count). The van der Waals surface area contributed by atoms with Gasteiger partial charge in [-0.25, -0.2) is 9.97 Å². The van der Waals surface area contributed by atoms with Crippen LogP contribution in [0.2, 0.25) is 0 Å². The first-order valence-electron chi connectivity index (χ1n) is 5.15. The van der Waals surface area contributed by atoms with Gasteiger partial charge in [-0.3, -0.25) is 4.98 Å². The van der Waals surface area contributed by atoms with E-state index in [2.05, 4.69) is 21.9 Å². The van der Waals surface area contributed by atoms with Crippen molar-refractivity contribution in [2.45, 2.75) is 13.3 Å². The minimum absolute atomic E-state index is 0.743. The lowest BCUT2D eigenvalue weighted by atomic mass is 10.1. The van der Waals surface area contributed by atoms with Crippen LogP contribution in [0.5, 0.6) is 5.75 Å². The Bertz CT molecular complexity index is 440. The van der Waals surface area contributed by atoms with Gasteiger partial charge >= 0.3 is 0 Å². The van der Waals surface area contributed by atoms with Crippen molar-refractivity contribution in [3.05, 3.63) is 36.5 Å². The molecule has 0 aliphatic heterocycles. The number of aromatic nitrogens is 3. The summed E-state index contributed by atoms with van der Waals surface area (Å²) in [7, 11) is 1.63. The van der Waals surface area contributed by atoms with E-state index in [9.17, 15) is 0 Å². The Balaban J connectivity index is 2.58. The molecule has 0 saturated carbocycles. The average Bonchev–Trinajstić information content (AvgIpc) is 2.38. The summed E-state index contributed by atoms with van der Waals surface area (Å²) in [5.41, 5.74) is 2.71. The summed E-state index contributed by atoms with van der Waals surface area (Å²) in [6.45, 7) is 2.06. The number of methoxy groups -OCH3 is 1. The van der Waals surface area contributed by atoms with Crippen molar-refractivity contribution < 1.29 is 4.74 Å². The number of pyridine rings is 1. The maximum Gasteiger partial charge on any atom is 0.145 e. The van der Waals surface area contributed by atoms with Gasteiger partial charge in [-0.15, -0.1) is 0 Å². The van der Waals surface area contributed by atoms with Crippen LogP contribution in [0.1, 0.15) is 12.6 Å². The predicted octanol–water partition coefficient (Wildman–Crippen LogP) is 2.11. The van der Waals surface area contributed by atoms with Crippen LogP contribution in [0.15, 0.2) is 30.9 Å². The second kappa shape index (κ2) is 4.70. The lowest BCUT2D eigenvalue weighted by Gasteiger charge is -2.09. The van der Waals surface area contributed by atoms with E-state index in [0.29, 0.717) is 0 Å². The molecule has 0 amide bonds. The first-order valence-corrected chi connectivity index (χ1v) is 5.15. The van der Waals surface area contributed by atoms with Gasteiger partial charge in [0.05, 0.1) is 12.8 Å². The lowest BCUT2D eigenvalue weighted by Crippen LogP contribution is -1.97. The molecule has 2 aromatic heterocycles. The molecular formula is C12H13N3O. The molecule has 0 aromatic carbocycles. The second-order valence-corrected chi connectivity index (χ2v) is 3.29. The number of hydrogen-bond acceptors (Lipinski definition) is 4. The van der Waals surface area contributed by atoms with Gasteiger partial charge in [-0.2, -0.15) is 0 Å². The van der Waals surface area contributed by atoms with E-state index in [1.807, 2.05) is 12.1 Å². The van der Waals surface area contributed by atoms with Crippen LogP contribution >= 0.6 is 0 Å². The van der Waals surface area contributed by atoms with Gasteiger partial charge in [0.1, 0.15) is 17.8 Å². The maximum atomic E-state index is 5.28. The molecule has 0 atom stereocenters. The third-order valence-electron chi connectivity index (χ3n) is 2.38. The lowest BCUT2D eigenvalue weighted by molar-refractivity contribution is 0.414. The highest BCUT2D eigenvalue weighted by molar-refractivity contribution is 5.67. The summed E-state index contributed by atoms with van der Waals surface area (Å²) < 4.78 is 5.28. The van der Waals surface area contributed by atoms with Crippen molar-refractivity contribution in [1.82, 2.24) is 15.0 Å². The third-order valence-corrected chi connectivity index (χ3v) is 2.38. The zero-order valence-electron chi connectivity index (χ0n) is 9.34. The zero-order chi connectivity index (χ0) is 11.4. The van der Waals surface area contributed by atoms with E-state index in [1.165, 1.54) is 0 Å². The van der Waals surface area contributed by atoms with Gasteiger partial charge in [0.15, 0.2) is 0 Å². The van der Waals surface area contributed by atoms with E-state index in [0.717, 1.165) is 29.1 Å². The maximum absolute atomic E-state index is 5.28. The van der Waals surface area contributed by atoms with Crippen LogP contribution in [0, 0.1) is 0 Å². The minimum atomic E-state index is 0.743. The molecule has 0 unspecified atom stereocenters. The van der Waals surface area contributed by atoms with Gasteiger partial charge in [0.2, 0.25) is 0 Å². The Kier molecular flexibility index (Phi) is 3.10. The van der Waals surface area contributed by atoms with Crippen LogP contribution in [0.4, 0.5) is 0 Å². The molecule has 4 heteroatoms. The molecule has 2 aromatic rings. The molecule has 0 radical (unpaired) electrons. The molecule has 0 spiro atoms. The van der Waals surface area contributed by atoms with Crippen LogP contribution < -0.4 is 4.74 Å². The van der Waals surface area contributed by atoms with Crippen LogP contribution in [-0.4, -0.2) is 22.1 Å². The molecule has 0 bridgehead atoms. The summed E-state index contributed by atoms with van der Waals surface area (Å²) >= 11 is 0. The number of rotatable bonds is 3. The van der Waals surface area contributed by atoms with Gasteiger partial charge in [-0.05, 0) is 18.6 Å². The summed E-state index contributed by atoms with van der Waals surface area (Å²) in [5.74, 6) is 0.743. The van der Waals surface area contributed by atoms with Crippen molar-refractivity contribution in [3.8, 4) is 17.0 Å². The number of nitrogens with zero attached hydrogens (tertiary/aromatic N) is 3.